The lowest BCUT2D eigenvalue weighted by molar-refractivity contribution is -0.148. The van der Waals surface area contributed by atoms with Crippen molar-refractivity contribution in [1.29, 1.82) is 0 Å². The van der Waals surface area contributed by atoms with Gasteiger partial charge in [-0.05, 0) is 41.2 Å². The molecule has 0 amide bonds. The molecule has 0 aliphatic carbocycles. The van der Waals surface area contributed by atoms with Gasteiger partial charge in [0.1, 0.15) is 12.6 Å². The number of esters is 1. The molecule has 6 nitrogen and oxygen atoms in total. The van der Waals surface area contributed by atoms with E-state index in [2.05, 4.69) is 28.5 Å². The molecule has 0 saturated carbocycles. The first-order valence-corrected chi connectivity index (χ1v) is 11.9. The fraction of sp³-hybridized carbons (Fsp3) is 0.179. The zero-order valence-corrected chi connectivity index (χ0v) is 19.7. The van der Waals surface area contributed by atoms with Crippen LogP contribution in [0.4, 0.5) is 5.82 Å². The minimum atomic E-state index is -0.719. The zero-order valence-electron chi connectivity index (χ0n) is 19.0. The molecular formula is C28H24ClN3O3. The molecule has 0 bridgehead atoms. The van der Waals surface area contributed by atoms with Gasteiger partial charge in [0.05, 0.1) is 5.69 Å². The van der Waals surface area contributed by atoms with Gasteiger partial charge in [0.15, 0.2) is 11.0 Å². The molecule has 1 aromatic heterocycles. The molecule has 35 heavy (non-hydrogen) atoms. The number of benzene rings is 3. The summed E-state index contributed by atoms with van der Waals surface area (Å²) in [6.07, 6.45) is 0.943. The molecule has 0 unspecified atom stereocenters. The molecule has 7 heteroatoms. The minimum Gasteiger partial charge on any atom is -0.459 e. The summed E-state index contributed by atoms with van der Waals surface area (Å²) in [6.45, 7) is 0.545. The number of nitrogens with one attached hydrogen (secondary N) is 1. The van der Waals surface area contributed by atoms with E-state index < -0.39 is 12.0 Å². The van der Waals surface area contributed by atoms with Crippen molar-refractivity contribution < 1.29 is 9.53 Å². The molecule has 1 atom stereocenters. The van der Waals surface area contributed by atoms with E-state index in [9.17, 15) is 9.59 Å². The van der Waals surface area contributed by atoms with Crippen LogP contribution in [0, 0.1) is 0 Å². The summed E-state index contributed by atoms with van der Waals surface area (Å²) in [5.74, 6) is -0.329. The predicted octanol–water partition coefficient (Wildman–Crippen LogP) is 5.41. The van der Waals surface area contributed by atoms with Crippen LogP contribution in [0.3, 0.4) is 0 Å². The molecule has 0 fully saturated rings. The Morgan fingerprint density at radius 3 is 2.43 bits per heavy atom. The van der Waals surface area contributed by atoms with E-state index in [1.165, 1.54) is 4.57 Å². The Labute approximate surface area is 208 Å². The van der Waals surface area contributed by atoms with E-state index in [4.69, 9.17) is 16.3 Å². The number of carbonyl (C=O) groups is 1. The number of hydrogen-bond donors (Lipinski definition) is 1. The number of fused-ring (bicyclic) bond motifs is 1. The van der Waals surface area contributed by atoms with Crippen molar-refractivity contribution in [3.8, 4) is 11.1 Å². The van der Waals surface area contributed by atoms with Crippen LogP contribution in [0.1, 0.15) is 29.3 Å². The highest BCUT2D eigenvalue weighted by Crippen LogP contribution is 2.30. The minimum absolute atomic E-state index is 0.117. The summed E-state index contributed by atoms with van der Waals surface area (Å²) >= 11 is 6.41. The smallest absolute Gasteiger partial charge is 0.329 e. The highest BCUT2D eigenvalue weighted by molar-refractivity contribution is 6.30. The first kappa shape index (κ1) is 22.9. The Morgan fingerprint density at radius 1 is 0.971 bits per heavy atom. The summed E-state index contributed by atoms with van der Waals surface area (Å²) in [4.78, 5) is 30.4. The summed E-state index contributed by atoms with van der Waals surface area (Å²) in [7, 11) is 0. The van der Waals surface area contributed by atoms with Gasteiger partial charge in [-0.15, -0.1) is 0 Å². The van der Waals surface area contributed by atoms with Crippen LogP contribution >= 0.6 is 11.6 Å². The van der Waals surface area contributed by atoms with E-state index in [-0.39, 0.29) is 23.1 Å². The van der Waals surface area contributed by atoms with Gasteiger partial charge in [0.2, 0.25) is 0 Å². The maximum Gasteiger partial charge on any atom is 0.329 e. The second-order valence-electron chi connectivity index (χ2n) is 8.44. The molecule has 0 spiro atoms. The van der Waals surface area contributed by atoms with Gasteiger partial charge in [-0.3, -0.25) is 9.36 Å². The number of rotatable bonds is 7. The predicted molar refractivity (Wildman–Crippen MR) is 136 cm³/mol. The Bertz CT molecular complexity index is 1400. The molecule has 5 rings (SSSR count). The third-order valence-electron chi connectivity index (χ3n) is 6.12. The van der Waals surface area contributed by atoms with Crippen LogP contribution in [0.2, 0.25) is 5.15 Å². The quantitative estimate of drug-likeness (QED) is 0.354. The van der Waals surface area contributed by atoms with E-state index in [0.717, 1.165) is 22.3 Å². The fourth-order valence-corrected chi connectivity index (χ4v) is 4.61. The van der Waals surface area contributed by atoms with Crippen LogP contribution in [0.5, 0.6) is 0 Å². The topological polar surface area (TPSA) is 73.2 Å². The van der Waals surface area contributed by atoms with Crippen molar-refractivity contribution in [2.45, 2.75) is 32.0 Å². The van der Waals surface area contributed by atoms with E-state index >= 15 is 0 Å². The molecular weight excluding hydrogens is 462 g/mol. The number of halogens is 1. The molecule has 0 radical (unpaired) electrons. The molecule has 1 aliphatic rings. The summed E-state index contributed by atoms with van der Waals surface area (Å²) in [5, 5.41) is 3.34. The number of nitrogens with zero attached hydrogens (tertiary/aromatic N) is 2. The maximum atomic E-state index is 13.3. The lowest BCUT2D eigenvalue weighted by atomic mass is 10.0. The second-order valence-corrected chi connectivity index (χ2v) is 8.80. The monoisotopic (exact) mass is 485 g/mol. The van der Waals surface area contributed by atoms with Crippen LogP contribution in [0.15, 0.2) is 89.7 Å². The van der Waals surface area contributed by atoms with Crippen LogP contribution < -0.4 is 10.9 Å². The molecule has 0 saturated heterocycles. The van der Waals surface area contributed by atoms with Gasteiger partial charge in [-0.1, -0.05) is 90.5 Å². The second kappa shape index (κ2) is 10.2. The first-order chi connectivity index (χ1) is 17.1. The number of ether oxygens (including phenoxy) is 1. The highest BCUT2D eigenvalue weighted by atomic mass is 35.5. The fourth-order valence-electron chi connectivity index (χ4n) is 4.34. The van der Waals surface area contributed by atoms with Gasteiger partial charge >= 0.3 is 5.97 Å². The Balaban J connectivity index is 1.33. The van der Waals surface area contributed by atoms with Gasteiger partial charge in [-0.2, -0.15) is 0 Å². The Kier molecular flexibility index (Phi) is 6.64. The molecule has 3 aromatic carbocycles. The van der Waals surface area contributed by atoms with Gasteiger partial charge < -0.3 is 10.1 Å². The molecule has 4 aromatic rings. The van der Waals surface area contributed by atoms with Crippen molar-refractivity contribution in [1.82, 2.24) is 9.55 Å². The third-order valence-corrected chi connectivity index (χ3v) is 6.42. The lowest BCUT2D eigenvalue weighted by Gasteiger charge is -2.16. The number of hydrogen-bond acceptors (Lipinski definition) is 5. The van der Waals surface area contributed by atoms with Crippen molar-refractivity contribution in [3.05, 3.63) is 117 Å². The Morgan fingerprint density at radius 2 is 1.66 bits per heavy atom. The van der Waals surface area contributed by atoms with Gasteiger partial charge in [0.25, 0.3) is 5.56 Å². The summed E-state index contributed by atoms with van der Waals surface area (Å²) in [5.41, 5.74) is 4.28. The van der Waals surface area contributed by atoms with Gasteiger partial charge in [0, 0.05) is 6.54 Å². The van der Waals surface area contributed by atoms with Crippen molar-refractivity contribution in [2.24, 2.45) is 0 Å². The van der Waals surface area contributed by atoms with Crippen molar-refractivity contribution in [3.63, 3.8) is 0 Å². The number of anilines is 1. The van der Waals surface area contributed by atoms with Crippen LogP contribution in [0.25, 0.3) is 11.1 Å². The third kappa shape index (κ3) is 4.98. The normalized spacial score (nSPS) is 14.4. The SMILES string of the molecule is O=C(OCc1ccccc1)[C@@H]1CCc2c(Cl)nc(NCc3cccc(-c4ccccc4)c3)c(=O)n21. The lowest BCUT2D eigenvalue weighted by Crippen LogP contribution is -2.31. The van der Waals surface area contributed by atoms with E-state index in [1.807, 2.05) is 66.7 Å². The highest BCUT2D eigenvalue weighted by Gasteiger charge is 2.33. The molecule has 1 aliphatic heterocycles. The van der Waals surface area contributed by atoms with E-state index in [0.29, 0.717) is 25.1 Å². The average Bonchev–Trinajstić information content (AvgIpc) is 3.36. The summed E-state index contributed by atoms with van der Waals surface area (Å²) in [6, 6.07) is 26.9. The maximum absolute atomic E-state index is 13.3. The van der Waals surface area contributed by atoms with E-state index in [1.54, 1.807) is 0 Å². The van der Waals surface area contributed by atoms with Crippen molar-refractivity contribution >= 4 is 23.4 Å². The zero-order chi connectivity index (χ0) is 24.2. The van der Waals surface area contributed by atoms with Crippen LogP contribution in [-0.4, -0.2) is 15.5 Å². The molecule has 176 valence electrons. The molecule has 2 heterocycles. The average molecular weight is 486 g/mol. The first-order valence-electron chi connectivity index (χ1n) is 11.5. The summed E-state index contributed by atoms with van der Waals surface area (Å²) < 4.78 is 6.94. The van der Waals surface area contributed by atoms with Crippen LogP contribution in [-0.2, 0) is 29.1 Å². The number of aromatic nitrogens is 2. The Hall–Kier alpha value is -3.90. The number of carbonyl (C=O) groups excluding carboxylic acids is 1. The largest absolute Gasteiger partial charge is 0.459 e. The van der Waals surface area contributed by atoms with Crippen molar-refractivity contribution in [2.75, 3.05) is 5.32 Å². The standard InChI is InChI=1S/C28H24ClN3O3/c29-25-23-14-15-24(28(34)35-18-19-8-3-1-4-9-19)32(23)27(33)26(31-25)30-17-20-10-7-13-22(16-20)21-11-5-2-6-12-21/h1-13,16,24H,14-15,17-18H2,(H,30,31)/t24-/m0/s1. The van der Waals surface area contributed by atoms with Gasteiger partial charge in [-0.25, -0.2) is 9.78 Å². The molecule has 1 N–H and O–H groups in total.